The van der Waals surface area contributed by atoms with Crippen LogP contribution in [0.1, 0.15) is 58.2 Å². The molecule has 25 heavy (non-hydrogen) atoms. The molecule has 1 unspecified atom stereocenters. The Morgan fingerprint density at radius 3 is 2.44 bits per heavy atom. The Balaban J connectivity index is 0.000000970. The van der Waals surface area contributed by atoms with Gasteiger partial charge in [0.05, 0.1) is 18.0 Å². The Kier molecular flexibility index (Phi) is 8.17. The fourth-order valence-corrected chi connectivity index (χ4v) is 2.51. The second kappa shape index (κ2) is 9.40. The Morgan fingerprint density at radius 2 is 2.04 bits per heavy atom. The molecule has 6 heteroatoms. The van der Waals surface area contributed by atoms with Crippen molar-refractivity contribution < 1.29 is 13.9 Å². The number of allylic oxidation sites excluding steroid dienone is 1. The van der Waals surface area contributed by atoms with Gasteiger partial charge in [-0.05, 0) is 36.7 Å². The van der Waals surface area contributed by atoms with Crippen molar-refractivity contribution in [3.8, 4) is 0 Å². The van der Waals surface area contributed by atoms with Gasteiger partial charge in [-0.2, -0.15) is 0 Å². The molecule has 1 aliphatic carbocycles. The van der Waals surface area contributed by atoms with E-state index in [1.165, 1.54) is 19.5 Å². The summed E-state index contributed by atoms with van der Waals surface area (Å²) in [5.41, 5.74) is 1.93. The molecule has 140 valence electrons. The molecule has 0 bridgehead atoms. The number of halogens is 2. The predicted octanol–water partition coefficient (Wildman–Crippen LogP) is 4.48. The summed E-state index contributed by atoms with van der Waals surface area (Å²) < 4.78 is 26.9. The van der Waals surface area contributed by atoms with Crippen LogP contribution in [0.4, 0.5) is 8.78 Å². The van der Waals surface area contributed by atoms with Crippen molar-refractivity contribution in [2.75, 3.05) is 0 Å². The number of aliphatic hydroxyl groups excluding tert-OH is 1. The minimum Gasteiger partial charge on any atom is -0.392 e. The Hall–Kier alpha value is -1.32. The molecule has 1 heterocycles. The molecule has 0 spiro atoms. The highest BCUT2D eigenvalue weighted by Gasteiger charge is 2.32. The van der Waals surface area contributed by atoms with Crippen molar-refractivity contribution in [3.05, 3.63) is 41.9 Å². The van der Waals surface area contributed by atoms with E-state index in [0.717, 1.165) is 25.1 Å². The molecule has 1 aromatic rings. The number of pyridine rings is 1. The molecule has 1 atom stereocenters. The molecular weight excluding hydrogens is 341 g/mol. The third kappa shape index (κ3) is 6.48. The lowest BCUT2D eigenvalue weighted by atomic mass is 10.1. The monoisotopic (exact) mass is 370 g/mol. The van der Waals surface area contributed by atoms with Crippen LogP contribution >= 0.6 is 9.24 Å². The lowest BCUT2D eigenvalue weighted by Crippen LogP contribution is -2.24. The summed E-state index contributed by atoms with van der Waals surface area (Å²) in [6.07, 6.45) is 6.22. The average Bonchev–Trinajstić information content (AvgIpc) is 3.36. The maximum atomic E-state index is 13.4. The summed E-state index contributed by atoms with van der Waals surface area (Å²) in [6.45, 7) is 10.5. The zero-order valence-corrected chi connectivity index (χ0v) is 16.7. The van der Waals surface area contributed by atoms with Crippen molar-refractivity contribution in [3.63, 3.8) is 0 Å². The fourth-order valence-electron chi connectivity index (χ4n) is 2.06. The topological polar surface area (TPSA) is 36.4 Å². The summed E-state index contributed by atoms with van der Waals surface area (Å²) >= 11 is 0. The second-order valence-electron chi connectivity index (χ2n) is 6.43. The highest BCUT2D eigenvalue weighted by Crippen LogP contribution is 2.35. The van der Waals surface area contributed by atoms with Gasteiger partial charge in [-0.3, -0.25) is 4.98 Å². The van der Waals surface area contributed by atoms with Crippen LogP contribution in [0.5, 0.6) is 0 Å². The van der Waals surface area contributed by atoms with Gasteiger partial charge in [0.1, 0.15) is 0 Å². The van der Waals surface area contributed by atoms with Crippen LogP contribution in [0.2, 0.25) is 0 Å². The van der Waals surface area contributed by atoms with Crippen molar-refractivity contribution in [2.24, 2.45) is 0 Å². The van der Waals surface area contributed by atoms with Gasteiger partial charge in [0.15, 0.2) is 0 Å². The molecule has 0 radical (unpaired) electrons. The van der Waals surface area contributed by atoms with E-state index in [4.69, 9.17) is 5.11 Å². The van der Waals surface area contributed by atoms with Gasteiger partial charge in [0, 0.05) is 30.9 Å². The highest BCUT2D eigenvalue weighted by molar-refractivity contribution is 7.27. The number of aliphatic hydroxyl groups is 1. The molecule has 1 N–H and O–H groups in total. The van der Waals surface area contributed by atoms with Crippen LogP contribution in [0, 0.1) is 0 Å². The molecule has 1 aromatic heterocycles. The predicted molar refractivity (Wildman–Crippen MR) is 104 cm³/mol. The highest BCUT2D eigenvalue weighted by atomic mass is 31.0. The molecule has 1 saturated carbocycles. The van der Waals surface area contributed by atoms with Crippen molar-refractivity contribution in [2.45, 2.75) is 65.5 Å². The molecule has 2 rings (SSSR count). The zero-order valence-electron chi connectivity index (χ0n) is 15.5. The van der Waals surface area contributed by atoms with Crippen molar-refractivity contribution in [1.82, 2.24) is 9.88 Å². The van der Waals surface area contributed by atoms with Crippen LogP contribution in [-0.2, 0) is 6.61 Å². The molecule has 0 aliphatic heterocycles. The smallest absolute Gasteiger partial charge is 0.268 e. The van der Waals surface area contributed by atoms with E-state index in [2.05, 4.69) is 34.7 Å². The van der Waals surface area contributed by atoms with E-state index < -0.39 is 5.92 Å². The summed E-state index contributed by atoms with van der Waals surface area (Å²) in [6, 6.07) is 2.00. The lowest BCUT2D eigenvalue weighted by molar-refractivity contribution is 0.0619. The summed E-state index contributed by atoms with van der Waals surface area (Å²) in [7, 11) is 2.56. The Labute approximate surface area is 152 Å². The number of hydrogen-bond acceptors (Lipinski definition) is 3. The number of alkyl halides is 2. The van der Waals surface area contributed by atoms with Gasteiger partial charge in [0.25, 0.3) is 5.92 Å². The maximum Gasteiger partial charge on any atom is 0.268 e. The zero-order chi connectivity index (χ0) is 19.2. The van der Waals surface area contributed by atoms with Crippen LogP contribution in [0.25, 0.3) is 5.70 Å². The number of hydrogen-bond donors (Lipinski definition) is 1. The SMILES string of the molecule is C=C(c1ncc(CO)cc1P)N(/C=C(\C)C(C)(F)F)C1CC1.CCC. The van der Waals surface area contributed by atoms with E-state index in [1.807, 2.05) is 0 Å². The van der Waals surface area contributed by atoms with Crippen LogP contribution in [0.3, 0.4) is 0 Å². The van der Waals surface area contributed by atoms with Gasteiger partial charge in [-0.1, -0.05) is 26.8 Å². The summed E-state index contributed by atoms with van der Waals surface area (Å²) in [5, 5.41) is 9.92. The Morgan fingerprint density at radius 1 is 1.48 bits per heavy atom. The third-order valence-corrected chi connectivity index (χ3v) is 4.15. The van der Waals surface area contributed by atoms with Gasteiger partial charge in [-0.25, -0.2) is 8.78 Å². The first-order chi connectivity index (χ1) is 11.6. The molecule has 3 nitrogen and oxygen atoms in total. The standard InChI is InChI=1S/C16H21F2N2OP.C3H8/c1-10(16(3,17)18)8-20(13-4-5-13)11(2)15-14(22)6-12(9-21)7-19-15;1-3-2/h6-8,13,21H,2,4-5,9,22H2,1,3H3;3H2,1-2H3/b10-8+;. The third-order valence-electron chi connectivity index (χ3n) is 3.71. The molecule has 1 fully saturated rings. The van der Waals surface area contributed by atoms with Crippen molar-refractivity contribution >= 4 is 20.2 Å². The van der Waals surface area contributed by atoms with Crippen LogP contribution in [-0.4, -0.2) is 27.0 Å². The first kappa shape index (κ1) is 21.7. The number of rotatable bonds is 6. The van der Waals surface area contributed by atoms with E-state index in [-0.39, 0.29) is 18.2 Å². The first-order valence-electron chi connectivity index (χ1n) is 8.55. The summed E-state index contributed by atoms with van der Waals surface area (Å²) in [5.74, 6) is -2.86. The number of aromatic nitrogens is 1. The van der Waals surface area contributed by atoms with Gasteiger partial charge in [-0.15, -0.1) is 9.24 Å². The minimum absolute atomic E-state index is 0.00201. The normalized spacial score (nSPS) is 14.6. The quantitative estimate of drug-likeness (QED) is 0.750. The molecule has 0 saturated heterocycles. The van der Waals surface area contributed by atoms with Gasteiger partial charge < -0.3 is 10.0 Å². The second-order valence-corrected chi connectivity index (χ2v) is 7.05. The maximum absolute atomic E-state index is 13.4. The summed E-state index contributed by atoms with van der Waals surface area (Å²) in [4.78, 5) is 6.10. The minimum atomic E-state index is -2.86. The van der Waals surface area contributed by atoms with E-state index in [1.54, 1.807) is 17.2 Å². The van der Waals surface area contributed by atoms with Gasteiger partial charge >= 0.3 is 0 Å². The average molecular weight is 370 g/mol. The van der Waals surface area contributed by atoms with Crippen molar-refractivity contribution in [1.29, 1.82) is 0 Å². The van der Waals surface area contributed by atoms with Gasteiger partial charge in [0.2, 0.25) is 0 Å². The molecule has 0 aromatic carbocycles. The number of nitrogens with zero attached hydrogens (tertiary/aromatic N) is 2. The molecular formula is C19H29F2N2OP. The van der Waals surface area contributed by atoms with E-state index in [0.29, 0.717) is 17.0 Å². The Bertz CT molecular complexity index is 622. The van der Waals surface area contributed by atoms with Crippen LogP contribution in [0.15, 0.2) is 30.6 Å². The fraction of sp³-hybridized carbons (Fsp3) is 0.526. The molecule has 0 amide bonds. The van der Waals surface area contributed by atoms with E-state index in [9.17, 15) is 8.78 Å². The molecule has 1 aliphatic rings. The van der Waals surface area contributed by atoms with Crippen LogP contribution < -0.4 is 5.30 Å². The lowest BCUT2D eigenvalue weighted by Gasteiger charge is -2.25. The largest absolute Gasteiger partial charge is 0.392 e. The first-order valence-corrected chi connectivity index (χ1v) is 9.12. The van der Waals surface area contributed by atoms with E-state index >= 15 is 0 Å².